The summed E-state index contributed by atoms with van der Waals surface area (Å²) in [5, 5.41) is 18.3. The monoisotopic (exact) mass is 440 g/mol. The first-order valence-electron chi connectivity index (χ1n) is 9.69. The van der Waals surface area contributed by atoms with E-state index >= 15 is 0 Å². The highest BCUT2D eigenvalue weighted by molar-refractivity contribution is 6.08. The van der Waals surface area contributed by atoms with Gasteiger partial charge in [-0.25, -0.2) is 27.8 Å². The third-order valence-electron chi connectivity index (χ3n) is 4.64. The van der Waals surface area contributed by atoms with Crippen molar-refractivity contribution in [2.24, 2.45) is 7.05 Å². The predicted molar refractivity (Wildman–Crippen MR) is 114 cm³/mol. The number of rotatable bonds is 4. The van der Waals surface area contributed by atoms with Crippen molar-refractivity contribution >= 4 is 33.4 Å². The second-order valence-electron chi connectivity index (χ2n) is 7.69. The van der Waals surface area contributed by atoms with E-state index in [1.54, 1.807) is 13.1 Å². The first-order chi connectivity index (χ1) is 15.1. The van der Waals surface area contributed by atoms with Gasteiger partial charge in [-0.2, -0.15) is 0 Å². The fraction of sp³-hybridized carbons (Fsp3) is 0.273. The zero-order valence-corrected chi connectivity index (χ0v) is 17.5. The Morgan fingerprint density at radius 1 is 1.25 bits per heavy atom. The molecule has 0 fully saturated rings. The number of alkyl halides is 2. The van der Waals surface area contributed by atoms with Gasteiger partial charge in [0.25, 0.3) is 6.43 Å². The Morgan fingerprint density at radius 3 is 2.75 bits per heavy atom. The van der Waals surface area contributed by atoms with E-state index in [1.165, 1.54) is 53.9 Å². The molecule has 164 valence electrons. The number of hydrogen-bond acceptors (Lipinski definition) is 6. The zero-order chi connectivity index (χ0) is 23.0. The van der Waals surface area contributed by atoms with Gasteiger partial charge in [-0.05, 0) is 38.0 Å². The van der Waals surface area contributed by atoms with Crippen LogP contribution in [0.15, 0.2) is 36.5 Å². The van der Waals surface area contributed by atoms with Crippen LogP contribution in [-0.2, 0) is 7.05 Å². The molecule has 1 N–H and O–H groups in total. The van der Waals surface area contributed by atoms with Crippen LogP contribution in [0.1, 0.15) is 19.5 Å². The third-order valence-corrected chi connectivity index (χ3v) is 4.64. The largest absolute Gasteiger partial charge is 0.378 e. The van der Waals surface area contributed by atoms with E-state index in [1.807, 2.05) is 0 Å². The van der Waals surface area contributed by atoms with Gasteiger partial charge >= 0.3 is 0 Å². The molecule has 0 unspecified atom stereocenters. The van der Waals surface area contributed by atoms with Crippen molar-refractivity contribution in [3.8, 4) is 11.8 Å². The summed E-state index contributed by atoms with van der Waals surface area (Å²) in [5.41, 5.74) is -0.00399. The van der Waals surface area contributed by atoms with Gasteiger partial charge in [-0.15, -0.1) is 5.10 Å². The lowest BCUT2D eigenvalue weighted by atomic mass is 10.1. The van der Waals surface area contributed by atoms with Gasteiger partial charge in [0.1, 0.15) is 28.4 Å². The van der Waals surface area contributed by atoms with E-state index in [0.29, 0.717) is 16.6 Å². The van der Waals surface area contributed by atoms with Crippen LogP contribution in [0, 0.1) is 17.7 Å². The molecule has 0 radical (unpaired) electrons. The maximum Gasteiger partial charge on any atom is 0.256 e. The second kappa shape index (κ2) is 8.09. The predicted octanol–water partition coefficient (Wildman–Crippen LogP) is 3.58. The molecule has 0 atom stereocenters. The Labute approximate surface area is 181 Å². The van der Waals surface area contributed by atoms with Gasteiger partial charge in [-0.1, -0.05) is 23.3 Å². The van der Waals surface area contributed by atoms with Crippen LogP contribution < -0.4 is 4.90 Å². The van der Waals surface area contributed by atoms with Crippen LogP contribution in [0.3, 0.4) is 0 Å². The average Bonchev–Trinajstić information content (AvgIpc) is 3.11. The number of hydrogen-bond donors (Lipinski definition) is 1. The number of aryl methyl sites for hydroxylation is 1. The highest BCUT2D eigenvalue weighted by atomic mass is 19.3. The van der Waals surface area contributed by atoms with Crippen LogP contribution in [0.4, 0.5) is 24.7 Å². The van der Waals surface area contributed by atoms with Gasteiger partial charge < -0.3 is 10.0 Å². The Kier molecular flexibility index (Phi) is 5.44. The molecule has 0 bridgehead atoms. The molecular weight excluding hydrogens is 421 g/mol. The van der Waals surface area contributed by atoms with Crippen molar-refractivity contribution in [2.75, 3.05) is 11.4 Å². The van der Waals surface area contributed by atoms with Crippen molar-refractivity contribution in [1.29, 1.82) is 0 Å². The van der Waals surface area contributed by atoms with E-state index in [0.717, 1.165) is 0 Å². The summed E-state index contributed by atoms with van der Waals surface area (Å²) in [4.78, 5) is 9.71. The molecule has 32 heavy (non-hydrogen) atoms. The van der Waals surface area contributed by atoms with Crippen molar-refractivity contribution < 1.29 is 18.3 Å². The molecule has 3 heterocycles. The van der Waals surface area contributed by atoms with Crippen LogP contribution in [0.5, 0.6) is 0 Å². The van der Waals surface area contributed by atoms with E-state index in [9.17, 15) is 18.3 Å². The van der Waals surface area contributed by atoms with Crippen LogP contribution >= 0.6 is 0 Å². The smallest absolute Gasteiger partial charge is 0.256 e. The number of fused-ring (bicyclic) bond motifs is 3. The van der Waals surface area contributed by atoms with Gasteiger partial charge in [0.15, 0.2) is 0 Å². The minimum absolute atomic E-state index is 0.0148. The highest BCUT2D eigenvalue weighted by Crippen LogP contribution is 2.36. The summed E-state index contributed by atoms with van der Waals surface area (Å²) in [6, 6.07) is 7.43. The number of pyridine rings is 2. The minimum Gasteiger partial charge on any atom is -0.378 e. The topological polar surface area (TPSA) is 80.0 Å². The molecule has 0 aliphatic heterocycles. The molecule has 7 nitrogen and oxygen atoms in total. The first-order valence-corrected chi connectivity index (χ1v) is 9.69. The lowest BCUT2D eigenvalue weighted by Gasteiger charge is -2.25. The molecule has 4 aromatic rings. The molecule has 10 heteroatoms. The second-order valence-corrected chi connectivity index (χ2v) is 7.69. The maximum atomic E-state index is 15.0. The van der Waals surface area contributed by atoms with Crippen molar-refractivity contribution in [3.63, 3.8) is 0 Å². The summed E-state index contributed by atoms with van der Waals surface area (Å²) in [6.07, 6.45) is -1.34. The summed E-state index contributed by atoms with van der Waals surface area (Å²) >= 11 is 0. The lowest BCUT2D eigenvalue weighted by Crippen LogP contribution is -2.25. The van der Waals surface area contributed by atoms with Gasteiger partial charge in [0.2, 0.25) is 5.65 Å². The van der Waals surface area contributed by atoms with E-state index < -0.39 is 24.4 Å². The van der Waals surface area contributed by atoms with Gasteiger partial charge in [0.05, 0.1) is 11.9 Å². The number of halogens is 3. The quantitative estimate of drug-likeness (QED) is 0.489. The minimum atomic E-state index is -2.74. The van der Waals surface area contributed by atoms with Crippen LogP contribution in [-0.4, -0.2) is 48.6 Å². The molecule has 0 aliphatic rings. The van der Waals surface area contributed by atoms with E-state index in [4.69, 9.17) is 0 Å². The van der Waals surface area contributed by atoms with Crippen molar-refractivity contribution in [2.45, 2.75) is 25.9 Å². The fourth-order valence-electron chi connectivity index (χ4n) is 3.34. The molecular formula is C22H19F3N6O. The molecule has 0 saturated carbocycles. The summed E-state index contributed by atoms with van der Waals surface area (Å²) in [6.45, 7) is 2.29. The van der Waals surface area contributed by atoms with Gasteiger partial charge in [-0.3, -0.25) is 0 Å². The number of nitrogens with zero attached hydrogens (tertiary/aromatic N) is 6. The Bertz CT molecular complexity index is 1370. The van der Waals surface area contributed by atoms with Crippen LogP contribution in [0.25, 0.3) is 21.9 Å². The van der Waals surface area contributed by atoms with Crippen LogP contribution in [0.2, 0.25) is 0 Å². The molecule has 0 saturated heterocycles. The Balaban J connectivity index is 1.96. The molecule has 0 aliphatic carbocycles. The summed E-state index contributed by atoms with van der Waals surface area (Å²) < 4.78 is 43.7. The fourth-order valence-corrected chi connectivity index (χ4v) is 3.34. The summed E-state index contributed by atoms with van der Waals surface area (Å²) in [5.74, 6) is 4.73. The van der Waals surface area contributed by atoms with E-state index in [-0.39, 0.29) is 22.5 Å². The normalized spacial score (nSPS) is 11.8. The third kappa shape index (κ3) is 4.20. The Hall–Kier alpha value is -3.71. The number of aromatic nitrogens is 5. The van der Waals surface area contributed by atoms with Crippen molar-refractivity contribution in [1.82, 2.24) is 25.0 Å². The lowest BCUT2D eigenvalue weighted by molar-refractivity contribution is 0.143. The number of benzene rings is 1. The van der Waals surface area contributed by atoms with Crippen molar-refractivity contribution in [3.05, 3.63) is 48.0 Å². The molecule has 1 aromatic carbocycles. The number of aliphatic hydroxyl groups is 1. The summed E-state index contributed by atoms with van der Waals surface area (Å²) in [7, 11) is 1.65. The average molecular weight is 440 g/mol. The zero-order valence-electron chi connectivity index (χ0n) is 17.5. The first kappa shape index (κ1) is 21.5. The SMILES string of the molecule is Cn1nnc2nc(N(CC(F)F)c3ccnc(C#CC(C)(C)O)c3)c3c(F)cccc3c21. The Morgan fingerprint density at radius 2 is 2.03 bits per heavy atom. The maximum absolute atomic E-state index is 15.0. The molecule has 3 aromatic heterocycles. The van der Waals surface area contributed by atoms with E-state index in [2.05, 4.69) is 32.1 Å². The highest BCUT2D eigenvalue weighted by Gasteiger charge is 2.24. The molecule has 4 rings (SSSR count). The standard InChI is InChI=1S/C22H19F3N6O/c1-22(2,32)9-7-13-11-14(8-10-26-13)31(12-17(24)25)21-18-15(5-4-6-16(18)23)19-20(27-21)28-29-30(19)3/h4-6,8,10-11,17,32H,12H2,1-3H3. The number of anilines is 2. The van der Waals surface area contributed by atoms with Gasteiger partial charge in [0, 0.05) is 24.3 Å². The molecule has 0 amide bonds. The molecule has 0 spiro atoms.